The second-order valence-electron chi connectivity index (χ2n) is 4.96. The zero-order valence-corrected chi connectivity index (χ0v) is 12.4. The molecule has 4 heteroatoms. The number of benzene rings is 2. The topological polar surface area (TPSA) is 21.7 Å². The summed E-state index contributed by atoms with van der Waals surface area (Å²) in [5.74, 6) is 1.66. The van der Waals surface area contributed by atoms with Crippen molar-refractivity contribution in [3.8, 4) is 22.6 Å². The molecule has 1 heterocycles. The molecular formula is C16H18ClNO2. The van der Waals surface area contributed by atoms with E-state index in [1.807, 2.05) is 6.07 Å². The number of hydrogen-bond donors (Lipinski definition) is 0. The maximum atomic E-state index is 5.45. The molecule has 3 rings (SSSR count). The standard InChI is InChI=1S/C16H17NO2.ClH/c1-17(2)10-13-5-3-4-6-14(13)12-7-8-15-16(9-12)19-11-18-15;/h3-9H,10-11H2,1-2H3;1H. The van der Waals surface area contributed by atoms with E-state index in [1.54, 1.807) is 0 Å². The van der Waals surface area contributed by atoms with Crippen LogP contribution in [-0.4, -0.2) is 25.8 Å². The van der Waals surface area contributed by atoms with Gasteiger partial charge in [-0.05, 0) is 42.9 Å². The van der Waals surface area contributed by atoms with Gasteiger partial charge in [-0.3, -0.25) is 0 Å². The van der Waals surface area contributed by atoms with Crippen molar-refractivity contribution in [3.63, 3.8) is 0 Å². The molecule has 0 bridgehead atoms. The van der Waals surface area contributed by atoms with E-state index in [-0.39, 0.29) is 12.4 Å². The summed E-state index contributed by atoms with van der Waals surface area (Å²) in [5.41, 5.74) is 3.72. The monoisotopic (exact) mass is 291 g/mol. The SMILES string of the molecule is CN(C)Cc1ccccc1-c1ccc2c(c1)OCO2.Cl. The Morgan fingerprint density at radius 1 is 1.00 bits per heavy atom. The van der Waals surface area contributed by atoms with Gasteiger partial charge in [-0.2, -0.15) is 0 Å². The van der Waals surface area contributed by atoms with Gasteiger partial charge < -0.3 is 14.4 Å². The number of fused-ring (bicyclic) bond motifs is 1. The van der Waals surface area contributed by atoms with Crippen molar-refractivity contribution in [2.75, 3.05) is 20.9 Å². The van der Waals surface area contributed by atoms with Crippen LogP contribution in [0.2, 0.25) is 0 Å². The van der Waals surface area contributed by atoms with Gasteiger partial charge in [0.05, 0.1) is 0 Å². The average molecular weight is 292 g/mol. The number of nitrogens with zero attached hydrogens (tertiary/aromatic N) is 1. The van der Waals surface area contributed by atoms with Gasteiger partial charge in [0.1, 0.15) is 0 Å². The number of rotatable bonds is 3. The quantitative estimate of drug-likeness (QED) is 0.863. The van der Waals surface area contributed by atoms with Gasteiger partial charge in [0.2, 0.25) is 6.79 Å². The van der Waals surface area contributed by atoms with E-state index in [0.29, 0.717) is 6.79 Å². The van der Waals surface area contributed by atoms with E-state index < -0.39 is 0 Å². The zero-order valence-electron chi connectivity index (χ0n) is 11.6. The second-order valence-corrected chi connectivity index (χ2v) is 4.96. The molecule has 0 saturated carbocycles. The van der Waals surface area contributed by atoms with Crippen molar-refractivity contribution >= 4 is 12.4 Å². The first-order valence-corrected chi connectivity index (χ1v) is 6.37. The normalized spacial score (nSPS) is 12.3. The Morgan fingerprint density at radius 3 is 2.55 bits per heavy atom. The molecule has 0 fully saturated rings. The predicted octanol–water partition coefficient (Wildman–Crippen LogP) is 3.57. The Bertz CT molecular complexity index is 599. The smallest absolute Gasteiger partial charge is 0.231 e. The fourth-order valence-corrected chi connectivity index (χ4v) is 2.34. The molecule has 2 aromatic carbocycles. The van der Waals surface area contributed by atoms with Crippen LogP contribution >= 0.6 is 12.4 Å². The molecule has 0 aromatic heterocycles. The Hall–Kier alpha value is -1.71. The molecule has 3 nitrogen and oxygen atoms in total. The molecule has 0 atom stereocenters. The summed E-state index contributed by atoms with van der Waals surface area (Å²) in [6.45, 7) is 1.24. The molecule has 0 N–H and O–H groups in total. The zero-order chi connectivity index (χ0) is 13.2. The minimum absolute atomic E-state index is 0. The van der Waals surface area contributed by atoms with Crippen molar-refractivity contribution in [1.29, 1.82) is 0 Å². The van der Waals surface area contributed by atoms with Crippen molar-refractivity contribution in [2.45, 2.75) is 6.54 Å². The van der Waals surface area contributed by atoms with E-state index in [1.165, 1.54) is 16.7 Å². The van der Waals surface area contributed by atoms with Gasteiger partial charge in [0.25, 0.3) is 0 Å². The van der Waals surface area contributed by atoms with E-state index in [9.17, 15) is 0 Å². The van der Waals surface area contributed by atoms with Gasteiger partial charge in [-0.25, -0.2) is 0 Å². The molecular weight excluding hydrogens is 274 g/mol. The molecule has 20 heavy (non-hydrogen) atoms. The molecule has 0 unspecified atom stereocenters. The summed E-state index contributed by atoms with van der Waals surface area (Å²) in [4.78, 5) is 2.17. The molecule has 0 spiro atoms. The van der Waals surface area contributed by atoms with Gasteiger partial charge >= 0.3 is 0 Å². The first-order valence-electron chi connectivity index (χ1n) is 6.37. The molecule has 1 aliphatic rings. The van der Waals surface area contributed by atoms with Crippen LogP contribution in [0.5, 0.6) is 11.5 Å². The third-order valence-electron chi connectivity index (χ3n) is 3.19. The van der Waals surface area contributed by atoms with Crippen LogP contribution in [0.4, 0.5) is 0 Å². The third-order valence-corrected chi connectivity index (χ3v) is 3.19. The summed E-state index contributed by atoms with van der Waals surface area (Å²) in [7, 11) is 4.16. The molecule has 0 aliphatic carbocycles. The molecule has 106 valence electrons. The van der Waals surface area contributed by atoms with E-state index in [4.69, 9.17) is 9.47 Å². The van der Waals surface area contributed by atoms with Crippen LogP contribution in [0, 0.1) is 0 Å². The Kier molecular flexibility index (Phi) is 4.53. The lowest BCUT2D eigenvalue weighted by molar-refractivity contribution is 0.174. The number of ether oxygens (including phenoxy) is 2. The fourth-order valence-electron chi connectivity index (χ4n) is 2.34. The summed E-state index contributed by atoms with van der Waals surface area (Å²) >= 11 is 0. The first-order chi connectivity index (χ1) is 9.24. The Morgan fingerprint density at radius 2 is 1.75 bits per heavy atom. The second kappa shape index (κ2) is 6.16. The van der Waals surface area contributed by atoms with Crippen LogP contribution in [0.15, 0.2) is 42.5 Å². The highest BCUT2D eigenvalue weighted by molar-refractivity contribution is 5.85. The lowest BCUT2D eigenvalue weighted by Crippen LogP contribution is -2.11. The summed E-state index contributed by atoms with van der Waals surface area (Å²) in [5, 5.41) is 0. The van der Waals surface area contributed by atoms with E-state index >= 15 is 0 Å². The highest BCUT2D eigenvalue weighted by Gasteiger charge is 2.15. The van der Waals surface area contributed by atoms with Crippen LogP contribution < -0.4 is 9.47 Å². The predicted molar refractivity (Wildman–Crippen MR) is 82.6 cm³/mol. The summed E-state index contributed by atoms with van der Waals surface area (Å²) < 4.78 is 10.8. The van der Waals surface area contributed by atoms with Gasteiger partial charge in [-0.1, -0.05) is 30.3 Å². The van der Waals surface area contributed by atoms with Crippen molar-refractivity contribution in [3.05, 3.63) is 48.0 Å². The molecule has 0 amide bonds. The van der Waals surface area contributed by atoms with Gasteiger partial charge in [0.15, 0.2) is 11.5 Å². The lowest BCUT2D eigenvalue weighted by Gasteiger charge is -2.14. The van der Waals surface area contributed by atoms with Crippen LogP contribution in [0.25, 0.3) is 11.1 Å². The van der Waals surface area contributed by atoms with E-state index in [0.717, 1.165) is 18.0 Å². The van der Waals surface area contributed by atoms with Gasteiger partial charge in [-0.15, -0.1) is 12.4 Å². The van der Waals surface area contributed by atoms with Crippen molar-refractivity contribution in [1.82, 2.24) is 4.90 Å². The summed E-state index contributed by atoms with van der Waals surface area (Å²) in [6.07, 6.45) is 0. The Labute approximate surface area is 125 Å². The molecule has 0 saturated heterocycles. The van der Waals surface area contributed by atoms with Crippen LogP contribution in [-0.2, 0) is 6.54 Å². The highest BCUT2D eigenvalue weighted by atomic mass is 35.5. The maximum absolute atomic E-state index is 5.45. The molecule has 2 aromatic rings. The minimum Gasteiger partial charge on any atom is -0.454 e. The van der Waals surface area contributed by atoms with Crippen LogP contribution in [0.1, 0.15) is 5.56 Å². The van der Waals surface area contributed by atoms with Gasteiger partial charge in [0, 0.05) is 6.54 Å². The third kappa shape index (κ3) is 2.89. The minimum atomic E-state index is 0. The maximum Gasteiger partial charge on any atom is 0.231 e. The largest absolute Gasteiger partial charge is 0.454 e. The lowest BCUT2D eigenvalue weighted by atomic mass is 9.99. The van der Waals surface area contributed by atoms with Crippen LogP contribution in [0.3, 0.4) is 0 Å². The van der Waals surface area contributed by atoms with E-state index in [2.05, 4.69) is 55.4 Å². The molecule has 0 radical (unpaired) electrons. The molecule has 1 aliphatic heterocycles. The van der Waals surface area contributed by atoms with Crippen molar-refractivity contribution < 1.29 is 9.47 Å². The number of halogens is 1. The summed E-state index contributed by atoms with van der Waals surface area (Å²) in [6, 6.07) is 14.6. The fraction of sp³-hybridized carbons (Fsp3) is 0.250. The average Bonchev–Trinajstić information content (AvgIpc) is 2.86. The number of hydrogen-bond acceptors (Lipinski definition) is 3. The first kappa shape index (κ1) is 14.7. The Balaban J connectivity index is 0.00000147. The highest BCUT2D eigenvalue weighted by Crippen LogP contribution is 2.36. The van der Waals surface area contributed by atoms with Crippen molar-refractivity contribution in [2.24, 2.45) is 0 Å².